The fourth-order valence-electron chi connectivity index (χ4n) is 0.277. The van der Waals surface area contributed by atoms with Crippen molar-refractivity contribution in [1.82, 2.24) is 0 Å². The van der Waals surface area contributed by atoms with Crippen molar-refractivity contribution in [1.29, 1.82) is 0 Å². The lowest BCUT2D eigenvalue weighted by Crippen LogP contribution is -2.25. The van der Waals surface area contributed by atoms with E-state index in [1.54, 1.807) is 0 Å². The molecule has 0 amide bonds. The molecule has 5 heteroatoms. The van der Waals surface area contributed by atoms with E-state index in [2.05, 4.69) is 0 Å². The van der Waals surface area contributed by atoms with Gasteiger partial charge in [-0.15, -0.1) is 0 Å². The summed E-state index contributed by atoms with van der Waals surface area (Å²) in [4.78, 5) is 0. The number of aliphatic hydroxyl groups is 1. The molecular weight excluding hydrogens is 140 g/mol. The normalized spacial score (nSPS) is 15.7. The molecule has 1 unspecified atom stereocenters. The van der Waals surface area contributed by atoms with Crippen LogP contribution in [0.15, 0.2) is 0 Å². The SMILES string of the molecule is OCCC(F)C(F)(F)F. The molecule has 1 N–H and O–H groups in total. The van der Waals surface area contributed by atoms with Crippen molar-refractivity contribution >= 4 is 0 Å². The van der Waals surface area contributed by atoms with Crippen LogP contribution in [0.5, 0.6) is 0 Å². The number of hydrogen-bond acceptors (Lipinski definition) is 1. The minimum absolute atomic E-state index is 0.777. The van der Waals surface area contributed by atoms with Gasteiger partial charge in [-0.05, 0) is 0 Å². The first kappa shape index (κ1) is 8.68. The third kappa shape index (κ3) is 3.29. The maximum Gasteiger partial charge on any atom is 0.419 e. The Hall–Kier alpha value is -0.320. The maximum absolute atomic E-state index is 11.6. The average Bonchev–Trinajstić information content (AvgIpc) is 1.64. The predicted octanol–water partition coefficient (Wildman–Crippen LogP) is 1.27. The van der Waals surface area contributed by atoms with Crippen molar-refractivity contribution in [2.24, 2.45) is 0 Å². The van der Waals surface area contributed by atoms with Crippen LogP contribution in [0.4, 0.5) is 17.6 Å². The van der Waals surface area contributed by atoms with Crippen LogP contribution < -0.4 is 0 Å². The van der Waals surface area contributed by atoms with E-state index >= 15 is 0 Å². The number of halogens is 4. The molecule has 0 radical (unpaired) electrons. The summed E-state index contributed by atoms with van der Waals surface area (Å²) in [5.74, 6) is 0. The minimum atomic E-state index is -4.82. The lowest BCUT2D eigenvalue weighted by Gasteiger charge is -2.09. The number of hydrogen-bond donors (Lipinski definition) is 1. The first-order valence-corrected chi connectivity index (χ1v) is 2.30. The Bertz CT molecular complexity index is 79.1. The van der Waals surface area contributed by atoms with Gasteiger partial charge in [-0.3, -0.25) is 0 Å². The molecular formula is C4H6F4O. The van der Waals surface area contributed by atoms with Crippen molar-refractivity contribution < 1.29 is 22.7 Å². The van der Waals surface area contributed by atoms with Crippen LogP contribution in [0.3, 0.4) is 0 Å². The fraction of sp³-hybridized carbons (Fsp3) is 1.00. The topological polar surface area (TPSA) is 20.2 Å². The molecule has 0 aromatic rings. The van der Waals surface area contributed by atoms with Crippen LogP contribution in [0.2, 0.25) is 0 Å². The van der Waals surface area contributed by atoms with E-state index in [1.165, 1.54) is 0 Å². The van der Waals surface area contributed by atoms with Crippen molar-refractivity contribution in [2.45, 2.75) is 18.8 Å². The van der Waals surface area contributed by atoms with Gasteiger partial charge >= 0.3 is 6.18 Å². The Morgan fingerprint density at radius 3 is 1.89 bits per heavy atom. The van der Waals surface area contributed by atoms with E-state index in [9.17, 15) is 17.6 Å². The third-order valence-corrected chi connectivity index (χ3v) is 0.738. The molecule has 0 aliphatic carbocycles. The highest BCUT2D eigenvalue weighted by molar-refractivity contribution is 4.63. The first-order chi connectivity index (χ1) is 3.98. The van der Waals surface area contributed by atoms with Gasteiger partial charge in [0.15, 0.2) is 6.17 Å². The molecule has 0 bridgehead atoms. The van der Waals surface area contributed by atoms with Gasteiger partial charge in [0.05, 0.1) is 0 Å². The van der Waals surface area contributed by atoms with Gasteiger partial charge in [0.1, 0.15) is 0 Å². The Morgan fingerprint density at radius 1 is 1.33 bits per heavy atom. The van der Waals surface area contributed by atoms with E-state index in [0.717, 1.165) is 0 Å². The molecule has 0 saturated heterocycles. The highest BCUT2D eigenvalue weighted by Gasteiger charge is 2.39. The zero-order chi connectivity index (χ0) is 7.49. The lowest BCUT2D eigenvalue weighted by atomic mass is 10.3. The maximum atomic E-state index is 11.6. The van der Waals surface area contributed by atoms with Crippen molar-refractivity contribution in [3.05, 3.63) is 0 Å². The molecule has 0 rings (SSSR count). The highest BCUT2D eigenvalue weighted by atomic mass is 19.4. The van der Waals surface area contributed by atoms with Crippen LogP contribution in [0, 0.1) is 0 Å². The summed E-state index contributed by atoms with van der Waals surface area (Å²) in [7, 11) is 0. The van der Waals surface area contributed by atoms with E-state index < -0.39 is 25.4 Å². The quantitative estimate of drug-likeness (QED) is 0.581. The van der Waals surface area contributed by atoms with Crippen LogP contribution in [-0.2, 0) is 0 Å². The monoisotopic (exact) mass is 146 g/mol. The van der Waals surface area contributed by atoms with Gasteiger partial charge in [-0.1, -0.05) is 0 Å². The summed E-state index contributed by atoms with van der Waals surface area (Å²) < 4.78 is 45.1. The fourth-order valence-corrected chi connectivity index (χ4v) is 0.277. The standard InChI is InChI=1S/C4H6F4O/c5-3(1-2-9)4(6,7)8/h3,9H,1-2H2. The molecule has 0 spiro atoms. The summed E-state index contributed by atoms with van der Waals surface area (Å²) in [6, 6.07) is 0. The second-order valence-corrected chi connectivity index (χ2v) is 1.52. The number of rotatable bonds is 2. The van der Waals surface area contributed by atoms with Crippen molar-refractivity contribution in [2.75, 3.05) is 6.61 Å². The van der Waals surface area contributed by atoms with Crippen LogP contribution >= 0.6 is 0 Å². The van der Waals surface area contributed by atoms with Gasteiger partial charge in [0.25, 0.3) is 0 Å². The molecule has 0 fully saturated rings. The van der Waals surface area contributed by atoms with Gasteiger partial charge in [0, 0.05) is 13.0 Å². The molecule has 9 heavy (non-hydrogen) atoms. The Balaban J connectivity index is 3.59. The van der Waals surface area contributed by atoms with E-state index in [-0.39, 0.29) is 0 Å². The number of aliphatic hydroxyl groups excluding tert-OH is 1. The van der Waals surface area contributed by atoms with Crippen molar-refractivity contribution in [3.63, 3.8) is 0 Å². The van der Waals surface area contributed by atoms with Crippen LogP contribution in [0.25, 0.3) is 0 Å². The zero-order valence-corrected chi connectivity index (χ0v) is 4.45. The second-order valence-electron chi connectivity index (χ2n) is 1.52. The first-order valence-electron chi connectivity index (χ1n) is 2.30. The van der Waals surface area contributed by atoms with Gasteiger partial charge in [0.2, 0.25) is 0 Å². The Kier molecular flexibility index (Phi) is 2.90. The second kappa shape index (κ2) is 3.00. The van der Waals surface area contributed by atoms with Crippen molar-refractivity contribution in [3.8, 4) is 0 Å². The predicted molar refractivity (Wildman–Crippen MR) is 22.7 cm³/mol. The average molecular weight is 146 g/mol. The minimum Gasteiger partial charge on any atom is -0.396 e. The third-order valence-electron chi connectivity index (χ3n) is 0.738. The largest absolute Gasteiger partial charge is 0.419 e. The van der Waals surface area contributed by atoms with Crippen LogP contribution in [-0.4, -0.2) is 24.1 Å². The summed E-state index contributed by atoms with van der Waals surface area (Å²) in [6.07, 6.45) is -8.57. The van der Waals surface area contributed by atoms with E-state index in [0.29, 0.717) is 0 Å². The number of alkyl halides is 4. The summed E-state index contributed by atoms with van der Waals surface area (Å²) in [5.41, 5.74) is 0. The molecule has 0 aromatic heterocycles. The molecule has 56 valence electrons. The molecule has 1 nitrogen and oxygen atoms in total. The molecule has 0 aromatic carbocycles. The van der Waals surface area contributed by atoms with Gasteiger partial charge in [-0.25, -0.2) is 4.39 Å². The molecule has 0 aliphatic rings. The highest BCUT2D eigenvalue weighted by Crippen LogP contribution is 2.24. The van der Waals surface area contributed by atoms with Crippen LogP contribution in [0.1, 0.15) is 6.42 Å². The van der Waals surface area contributed by atoms with Gasteiger partial charge in [-0.2, -0.15) is 13.2 Å². The van der Waals surface area contributed by atoms with E-state index in [1.807, 2.05) is 0 Å². The summed E-state index contributed by atoms with van der Waals surface area (Å²) >= 11 is 0. The summed E-state index contributed by atoms with van der Waals surface area (Å²) in [5, 5.41) is 7.86. The Labute approximate surface area is 49.3 Å². The van der Waals surface area contributed by atoms with E-state index in [4.69, 9.17) is 5.11 Å². The molecule has 0 saturated carbocycles. The molecule has 0 heterocycles. The Morgan fingerprint density at radius 2 is 1.78 bits per heavy atom. The molecule has 1 atom stereocenters. The zero-order valence-electron chi connectivity index (χ0n) is 4.45. The van der Waals surface area contributed by atoms with Gasteiger partial charge < -0.3 is 5.11 Å². The summed E-state index contributed by atoms with van der Waals surface area (Å²) in [6.45, 7) is -0.777. The molecule has 0 aliphatic heterocycles. The smallest absolute Gasteiger partial charge is 0.396 e. The lowest BCUT2D eigenvalue weighted by molar-refractivity contribution is -0.183.